The molecule has 0 amide bonds. The van der Waals surface area contributed by atoms with E-state index in [0.29, 0.717) is 0 Å². The van der Waals surface area contributed by atoms with Gasteiger partial charge in [-0.3, -0.25) is 4.55 Å². The molecule has 1 aliphatic rings. The van der Waals surface area contributed by atoms with Gasteiger partial charge in [-0.1, -0.05) is 25.7 Å². The van der Waals surface area contributed by atoms with Crippen LogP contribution in [0.15, 0.2) is 0 Å². The summed E-state index contributed by atoms with van der Waals surface area (Å²) in [7, 11) is -4.24. The topological polar surface area (TPSA) is 63.6 Å². The first-order valence-corrected chi connectivity index (χ1v) is 5.60. The van der Waals surface area contributed by atoms with Crippen molar-refractivity contribution in [1.82, 2.24) is 0 Å². The second-order valence-electron chi connectivity index (χ2n) is 3.14. The van der Waals surface area contributed by atoms with Crippen LogP contribution in [0.5, 0.6) is 0 Å². The monoisotopic (exact) mass is 194 g/mol. The quantitative estimate of drug-likeness (QED) is 0.535. The molecular formula is C7H14O4S. The van der Waals surface area contributed by atoms with Gasteiger partial charge in [0.05, 0.1) is 6.10 Å². The molecule has 4 nitrogen and oxygen atoms in total. The summed E-state index contributed by atoms with van der Waals surface area (Å²) in [4.78, 5) is 0. The highest BCUT2D eigenvalue weighted by molar-refractivity contribution is 7.80. The van der Waals surface area contributed by atoms with Gasteiger partial charge in [0.25, 0.3) is 0 Å². The van der Waals surface area contributed by atoms with Crippen LogP contribution < -0.4 is 0 Å². The standard InChI is InChI=1S/C7H14O4S/c8-12(9,10)11-7-5-3-1-2-4-6-7/h7H,1-6H2,(H,8,9,10). The Morgan fingerprint density at radius 2 is 1.58 bits per heavy atom. The Morgan fingerprint density at radius 3 is 2.00 bits per heavy atom. The van der Waals surface area contributed by atoms with Gasteiger partial charge in [0.2, 0.25) is 0 Å². The van der Waals surface area contributed by atoms with Crippen molar-refractivity contribution in [2.45, 2.75) is 44.6 Å². The highest BCUT2D eigenvalue weighted by atomic mass is 32.3. The van der Waals surface area contributed by atoms with Crippen molar-refractivity contribution in [2.75, 3.05) is 0 Å². The fraction of sp³-hybridized carbons (Fsp3) is 1.00. The largest absolute Gasteiger partial charge is 0.397 e. The smallest absolute Gasteiger partial charge is 0.264 e. The van der Waals surface area contributed by atoms with Crippen molar-refractivity contribution in [2.24, 2.45) is 0 Å². The molecule has 0 spiro atoms. The van der Waals surface area contributed by atoms with Crippen LogP contribution in [0.2, 0.25) is 0 Å². The van der Waals surface area contributed by atoms with Crippen molar-refractivity contribution in [3.05, 3.63) is 0 Å². The SMILES string of the molecule is O=S(=O)(O)OC1CCCCCC1. The molecule has 0 bridgehead atoms. The van der Waals surface area contributed by atoms with Gasteiger partial charge in [-0.05, 0) is 12.8 Å². The molecule has 1 N–H and O–H groups in total. The average Bonchev–Trinajstić information content (AvgIpc) is 2.12. The highest BCUT2D eigenvalue weighted by Gasteiger charge is 2.18. The van der Waals surface area contributed by atoms with E-state index in [0.717, 1.165) is 38.5 Å². The Labute approximate surface area is 72.9 Å². The van der Waals surface area contributed by atoms with Crippen LogP contribution in [0.25, 0.3) is 0 Å². The van der Waals surface area contributed by atoms with E-state index in [-0.39, 0.29) is 6.10 Å². The summed E-state index contributed by atoms with van der Waals surface area (Å²) in [5, 5.41) is 0. The van der Waals surface area contributed by atoms with Gasteiger partial charge in [-0.15, -0.1) is 0 Å². The van der Waals surface area contributed by atoms with Crippen LogP contribution >= 0.6 is 0 Å². The molecular weight excluding hydrogens is 180 g/mol. The van der Waals surface area contributed by atoms with Crippen molar-refractivity contribution in [1.29, 1.82) is 0 Å². The molecule has 0 heterocycles. The molecule has 0 aromatic heterocycles. The van der Waals surface area contributed by atoms with Gasteiger partial charge < -0.3 is 0 Å². The molecule has 1 fully saturated rings. The van der Waals surface area contributed by atoms with Gasteiger partial charge in [-0.25, -0.2) is 4.18 Å². The summed E-state index contributed by atoms with van der Waals surface area (Å²) in [5.41, 5.74) is 0. The molecule has 0 aromatic rings. The van der Waals surface area contributed by atoms with Crippen LogP contribution in [0.3, 0.4) is 0 Å². The Hall–Kier alpha value is -0.130. The summed E-state index contributed by atoms with van der Waals surface area (Å²) >= 11 is 0. The van der Waals surface area contributed by atoms with Crippen molar-refractivity contribution in [3.63, 3.8) is 0 Å². The third-order valence-corrected chi connectivity index (χ3v) is 2.58. The van der Waals surface area contributed by atoms with Gasteiger partial charge >= 0.3 is 10.4 Å². The fourth-order valence-electron chi connectivity index (χ4n) is 1.51. The Balaban J connectivity index is 2.40. The van der Waals surface area contributed by atoms with Crippen LogP contribution in [0.1, 0.15) is 38.5 Å². The zero-order valence-electron chi connectivity index (χ0n) is 6.90. The molecule has 1 aliphatic carbocycles. The predicted molar refractivity (Wildman–Crippen MR) is 44.1 cm³/mol. The molecule has 0 aliphatic heterocycles. The molecule has 1 saturated carbocycles. The van der Waals surface area contributed by atoms with Crippen LogP contribution in [-0.2, 0) is 14.6 Å². The summed E-state index contributed by atoms with van der Waals surface area (Å²) < 4.78 is 33.6. The maximum absolute atomic E-state index is 10.3. The van der Waals surface area contributed by atoms with Gasteiger partial charge in [0.1, 0.15) is 0 Å². The van der Waals surface area contributed by atoms with Crippen LogP contribution in [0.4, 0.5) is 0 Å². The Morgan fingerprint density at radius 1 is 1.08 bits per heavy atom. The lowest BCUT2D eigenvalue weighted by Gasteiger charge is -2.11. The summed E-state index contributed by atoms with van der Waals surface area (Å²) in [6, 6.07) is 0. The molecule has 12 heavy (non-hydrogen) atoms. The second-order valence-corrected chi connectivity index (χ2v) is 4.19. The Bertz CT molecular complexity index is 214. The van der Waals surface area contributed by atoms with E-state index in [4.69, 9.17) is 4.55 Å². The lowest BCUT2D eigenvalue weighted by atomic mass is 10.2. The third kappa shape index (κ3) is 4.04. The minimum atomic E-state index is -4.24. The molecule has 0 radical (unpaired) electrons. The van der Waals surface area contributed by atoms with E-state index in [1.165, 1.54) is 0 Å². The van der Waals surface area contributed by atoms with Gasteiger partial charge in [0, 0.05) is 0 Å². The number of rotatable bonds is 2. The predicted octanol–water partition coefficient (Wildman–Crippen LogP) is 1.53. The summed E-state index contributed by atoms with van der Waals surface area (Å²) in [5.74, 6) is 0. The fourth-order valence-corrected chi connectivity index (χ4v) is 2.05. The second kappa shape index (κ2) is 4.20. The number of hydrogen-bond donors (Lipinski definition) is 1. The van der Waals surface area contributed by atoms with E-state index in [9.17, 15) is 8.42 Å². The first kappa shape index (κ1) is 9.95. The van der Waals surface area contributed by atoms with Crippen LogP contribution in [0, 0.1) is 0 Å². The van der Waals surface area contributed by atoms with Gasteiger partial charge in [0.15, 0.2) is 0 Å². The first-order valence-electron chi connectivity index (χ1n) is 4.23. The molecule has 0 aromatic carbocycles. The third-order valence-electron chi connectivity index (χ3n) is 2.06. The maximum Gasteiger partial charge on any atom is 0.397 e. The van der Waals surface area contributed by atoms with E-state index in [1.807, 2.05) is 0 Å². The molecule has 0 unspecified atom stereocenters. The lowest BCUT2D eigenvalue weighted by Crippen LogP contribution is -2.16. The van der Waals surface area contributed by atoms with Crippen molar-refractivity contribution < 1.29 is 17.2 Å². The minimum Gasteiger partial charge on any atom is -0.264 e. The lowest BCUT2D eigenvalue weighted by molar-refractivity contribution is 0.166. The van der Waals surface area contributed by atoms with Crippen LogP contribution in [-0.4, -0.2) is 19.1 Å². The first-order chi connectivity index (χ1) is 5.58. The molecule has 0 saturated heterocycles. The molecule has 5 heteroatoms. The molecule has 0 atom stereocenters. The Kier molecular flexibility index (Phi) is 3.49. The molecule has 72 valence electrons. The van der Waals surface area contributed by atoms with E-state index >= 15 is 0 Å². The zero-order chi connectivity index (χ0) is 9.03. The minimum absolute atomic E-state index is 0.303. The van der Waals surface area contributed by atoms with E-state index in [1.54, 1.807) is 0 Å². The summed E-state index contributed by atoms with van der Waals surface area (Å²) in [6.07, 6.45) is 5.40. The summed E-state index contributed by atoms with van der Waals surface area (Å²) in [6.45, 7) is 0. The van der Waals surface area contributed by atoms with Gasteiger partial charge in [-0.2, -0.15) is 8.42 Å². The average molecular weight is 194 g/mol. The zero-order valence-corrected chi connectivity index (χ0v) is 7.72. The normalized spacial score (nSPS) is 22.1. The van der Waals surface area contributed by atoms with Crippen molar-refractivity contribution >= 4 is 10.4 Å². The van der Waals surface area contributed by atoms with Crippen molar-refractivity contribution in [3.8, 4) is 0 Å². The molecule has 1 rings (SSSR count). The number of hydrogen-bond acceptors (Lipinski definition) is 3. The maximum atomic E-state index is 10.3. The van der Waals surface area contributed by atoms with E-state index in [2.05, 4.69) is 4.18 Å². The van der Waals surface area contributed by atoms with E-state index < -0.39 is 10.4 Å². The highest BCUT2D eigenvalue weighted by Crippen LogP contribution is 2.20.